The number of nitro benzene ring substituents is 1. The normalized spacial score (nSPS) is 28.5. The van der Waals surface area contributed by atoms with Gasteiger partial charge in [0.05, 0.1) is 23.9 Å². The van der Waals surface area contributed by atoms with Gasteiger partial charge in [-0.25, -0.2) is 18.5 Å². The summed E-state index contributed by atoms with van der Waals surface area (Å²) in [5.41, 5.74) is -3.15. The number of carboxylic acids is 1. The molecule has 1 aromatic heterocycles. The summed E-state index contributed by atoms with van der Waals surface area (Å²) in [5.74, 6) is -3.05. The van der Waals surface area contributed by atoms with E-state index in [4.69, 9.17) is 14.0 Å². The minimum Gasteiger partial charge on any atom is -0.756 e. The number of carbonyl (C=O) groups is 2. The van der Waals surface area contributed by atoms with E-state index in [9.17, 15) is 78.8 Å². The number of nitrogens with one attached hydrogen (secondary N) is 2. The Morgan fingerprint density at radius 1 is 1.04 bits per heavy atom. The molecule has 0 radical (unpaired) electrons. The van der Waals surface area contributed by atoms with Crippen LogP contribution in [0.3, 0.4) is 0 Å². The van der Waals surface area contributed by atoms with Gasteiger partial charge in [-0.2, -0.15) is 0 Å². The third-order valence-electron chi connectivity index (χ3n) is 7.25. The Balaban J connectivity index is 0.00000523. The van der Waals surface area contributed by atoms with Crippen LogP contribution < -0.4 is 80.6 Å². The molecule has 0 aliphatic carbocycles. The van der Waals surface area contributed by atoms with Gasteiger partial charge in [0.1, 0.15) is 48.2 Å². The first-order chi connectivity index (χ1) is 24.7. The number of aliphatic hydroxyl groups is 5. The van der Waals surface area contributed by atoms with E-state index in [1.165, 1.54) is 6.07 Å². The number of benzene rings is 1. The first-order valence-electron chi connectivity index (χ1n) is 14.5. The fraction of sp³-hybridized carbons (Fsp3) is 0.500. The van der Waals surface area contributed by atoms with E-state index in [0.717, 1.165) is 46.0 Å². The number of rotatable bonds is 16. The van der Waals surface area contributed by atoms with Crippen LogP contribution in [0.2, 0.25) is 0 Å². The SMILES string of the molecule is O=C(CSSc1ccc([N+](=O)[O-])c(C(=O)O)c1)NC1C(OP(=O)(O)OP(=O)([O-])OCC2OC(n3ccc(=O)[nH]c3=O)C(O)C2O)OC(CO)C(O)C1O.[Na+].[Na+]. The zero-order valence-electron chi connectivity index (χ0n) is 28.2. The number of carbonyl (C=O) groups excluding carboxylic acids is 1. The van der Waals surface area contributed by atoms with E-state index in [-0.39, 0.29) is 64.0 Å². The van der Waals surface area contributed by atoms with Gasteiger partial charge in [-0.1, -0.05) is 21.6 Å². The van der Waals surface area contributed by atoms with Crippen LogP contribution in [0.15, 0.2) is 44.9 Å². The molecule has 31 heteroatoms. The van der Waals surface area contributed by atoms with Crippen molar-refractivity contribution in [2.45, 2.75) is 60.1 Å². The standard InChI is InChI=1S/C24H30N4O21P2S2.2Na/c29-6-12-17(32)19(34)16(25-15(31)8-52-53-9-1-2-11(28(39)40)10(5-9)22(36)37)23(47-12)48-51(43,44)49-50(41,42)45-7-13-18(33)20(35)21(46-13)27-4-3-14(30)26-24(27)38;;/h1-5,12-13,16-21,23,29,32-35H,6-8H2,(H,25,31)(H,36,37)(H,41,42)(H,43,44)(H,26,30,38);;/q;2*+1/p-1. The van der Waals surface area contributed by atoms with Crippen LogP contribution in [0.5, 0.6) is 0 Å². The Morgan fingerprint density at radius 3 is 2.29 bits per heavy atom. The number of hydrogen-bond acceptors (Lipinski definition) is 21. The molecule has 2 saturated heterocycles. The molecule has 1 aromatic carbocycles. The number of phosphoric acid groups is 2. The third-order valence-corrected chi connectivity index (χ3v) is 12.0. The summed E-state index contributed by atoms with van der Waals surface area (Å²) in [6.07, 6.45) is -14.2. The molecule has 0 saturated carbocycles. The predicted molar refractivity (Wildman–Crippen MR) is 171 cm³/mol. The molecule has 2 aliphatic rings. The first kappa shape index (κ1) is 50.1. The molecule has 3 heterocycles. The average Bonchev–Trinajstić information content (AvgIpc) is 3.35. The molecular formula is C24H29N4Na2O21P2S2+. The molecule has 11 atom stereocenters. The number of ether oxygens (including phenoxy) is 2. The topological polar surface area (TPSA) is 389 Å². The van der Waals surface area contributed by atoms with Crippen molar-refractivity contribution in [3.63, 3.8) is 0 Å². The Kier molecular flexibility index (Phi) is 19.3. The number of amides is 1. The Hall–Kier alpha value is -1.08. The number of phosphoric ester groups is 2. The van der Waals surface area contributed by atoms with Crippen LogP contribution in [-0.2, 0) is 36.8 Å². The minimum atomic E-state index is -5.91. The maximum atomic E-state index is 12.8. The van der Waals surface area contributed by atoms with E-state index in [0.29, 0.717) is 4.57 Å². The number of aliphatic hydroxyl groups excluding tert-OH is 5. The number of aromatic nitrogens is 2. The summed E-state index contributed by atoms with van der Waals surface area (Å²) < 4.78 is 49.7. The van der Waals surface area contributed by atoms with Gasteiger partial charge in [0.2, 0.25) is 5.91 Å². The van der Waals surface area contributed by atoms with Gasteiger partial charge in [0.15, 0.2) is 12.5 Å². The van der Waals surface area contributed by atoms with E-state index in [2.05, 4.69) is 14.2 Å². The van der Waals surface area contributed by atoms with Crippen LogP contribution in [0.4, 0.5) is 5.69 Å². The van der Waals surface area contributed by atoms with E-state index < -0.39 is 129 Å². The Bertz CT molecular complexity index is 1910. The Labute approximate surface area is 359 Å². The summed E-state index contributed by atoms with van der Waals surface area (Å²) in [4.78, 5) is 82.4. The van der Waals surface area contributed by atoms with Gasteiger partial charge in [-0.05, 0) is 12.1 Å². The number of nitrogens with zero attached hydrogens (tertiary/aromatic N) is 2. The molecule has 1 amide bonds. The second kappa shape index (κ2) is 21.3. The van der Waals surface area contributed by atoms with Crippen molar-refractivity contribution in [2.75, 3.05) is 19.0 Å². The summed E-state index contributed by atoms with van der Waals surface area (Å²) >= 11 is 0. The molecule has 4 rings (SSSR count). The van der Waals surface area contributed by atoms with Crippen molar-refractivity contribution < 1.29 is 146 Å². The van der Waals surface area contributed by atoms with Crippen LogP contribution in [0.25, 0.3) is 0 Å². The van der Waals surface area contributed by atoms with Crippen molar-refractivity contribution in [3.8, 4) is 0 Å². The van der Waals surface area contributed by atoms with E-state index >= 15 is 0 Å². The Morgan fingerprint density at radius 2 is 1.69 bits per heavy atom. The van der Waals surface area contributed by atoms with Gasteiger partial charge >= 0.3 is 78.6 Å². The van der Waals surface area contributed by atoms with Gasteiger partial charge in [0.25, 0.3) is 19.1 Å². The zero-order chi connectivity index (χ0) is 39.4. The monoisotopic (exact) mass is 881 g/mol. The fourth-order valence-electron chi connectivity index (χ4n) is 4.79. The van der Waals surface area contributed by atoms with Gasteiger partial charge in [0, 0.05) is 23.2 Å². The molecule has 294 valence electrons. The molecule has 9 N–H and O–H groups in total. The van der Waals surface area contributed by atoms with Gasteiger partial charge in [-0.3, -0.25) is 38.3 Å². The molecular weight excluding hydrogens is 852 g/mol. The molecule has 2 fully saturated rings. The number of H-pyrrole nitrogens is 1. The summed E-state index contributed by atoms with van der Waals surface area (Å²) in [7, 11) is -10.2. The van der Waals surface area contributed by atoms with E-state index in [1.54, 1.807) is 0 Å². The molecule has 0 bridgehead atoms. The third kappa shape index (κ3) is 13.2. The van der Waals surface area contributed by atoms with Gasteiger partial charge < -0.3 is 59.7 Å². The summed E-state index contributed by atoms with van der Waals surface area (Å²) in [6, 6.07) is 2.10. The number of nitro groups is 1. The maximum Gasteiger partial charge on any atom is 1.00 e. The largest absolute Gasteiger partial charge is 1.00 e. The molecule has 55 heavy (non-hydrogen) atoms. The van der Waals surface area contributed by atoms with Crippen molar-refractivity contribution in [3.05, 3.63) is 67.0 Å². The molecule has 11 unspecified atom stereocenters. The first-order valence-corrected chi connectivity index (χ1v) is 19.7. The van der Waals surface area contributed by atoms with Crippen molar-refractivity contribution in [1.82, 2.24) is 14.9 Å². The van der Waals surface area contributed by atoms with E-state index in [1.807, 2.05) is 4.98 Å². The molecule has 2 aliphatic heterocycles. The predicted octanol–water partition coefficient (Wildman–Crippen LogP) is -9.25. The van der Waals surface area contributed by atoms with Crippen molar-refractivity contribution >= 4 is 54.8 Å². The van der Waals surface area contributed by atoms with Gasteiger partial charge in [-0.15, -0.1) is 0 Å². The average molecular weight is 882 g/mol. The summed E-state index contributed by atoms with van der Waals surface area (Å²) in [6.45, 7) is -2.18. The maximum absolute atomic E-state index is 12.8. The van der Waals surface area contributed by atoms with Crippen LogP contribution >= 0.6 is 37.2 Å². The summed E-state index contributed by atoms with van der Waals surface area (Å²) in [5, 5.41) is 73.5. The minimum absolute atomic E-state index is 0. The number of carboxylic acid groups (broad SMARTS) is 1. The molecule has 25 nitrogen and oxygen atoms in total. The quantitative estimate of drug-likeness (QED) is 0.0248. The van der Waals surface area contributed by atoms with Crippen LogP contribution in [0, 0.1) is 10.1 Å². The van der Waals surface area contributed by atoms with Crippen LogP contribution in [0.1, 0.15) is 16.6 Å². The molecule has 2 aromatic rings. The molecule has 0 spiro atoms. The van der Waals surface area contributed by atoms with Crippen LogP contribution in [-0.4, -0.2) is 130 Å². The second-order valence-corrected chi connectivity index (χ2v) is 16.2. The van der Waals surface area contributed by atoms with Crippen molar-refractivity contribution in [2.24, 2.45) is 0 Å². The number of aromatic carboxylic acids is 1. The smallest absolute Gasteiger partial charge is 0.756 e. The fourth-order valence-corrected chi connectivity index (χ4v) is 8.81. The second-order valence-electron chi connectivity index (χ2n) is 10.8. The zero-order valence-corrected chi connectivity index (χ0v) is 35.6. The number of hydrogen-bond donors (Lipinski definition) is 9. The van der Waals surface area contributed by atoms with Crippen molar-refractivity contribution in [1.29, 1.82) is 0 Å². The number of aromatic amines is 1.